The zero-order chi connectivity index (χ0) is 14.9. The molecule has 0 spiro atoms. The third-order valence-corrected chi connectivity index (χ3v) is 4.13. The van der Waals surface area contributed by atoms with E-state index in [0.717, 1.165) is 21.7 Å². The van der Waals surface area contributed by atoms with E-state index < -0.39 is 0 Å². The van der Waals surface area contributed by atoms with Gasteiger partial charge in [-0.05, 0) is 32.3 Å². The molecule has 2 nitrogen and oxygen atoms in total. The second-order valence-corrected chi connectivity index (χ2v) is 6.46. The van der Waals surface area contributed by atoms with Crippen molar-refractivity contribution in [1.29, 1.82) is 0 Å². The van der Waals surface area contributed by atoms with Crippen molar-refractivity contribution in [3.63, 3.8) is 0 Å². The summed E-state index contributed by atoms with van der Waals surface area (Å²) in [6.45, 7) is 10.7. The van der Waals surface area contributed by atoms with E-state index in [0.29, 0.717) is 5.92 Å². The molecule has 20 heavy (non-hydrogen) atoms. The SMILES string of the molecule is Cc1[nH]c(C(C)(C)c2ccccc2)nc(=S)c1C(C)C. The predicted molar refractivity (Wildman–Crippen MR) is 86.8 cm³/mol. The molecule has 0 bridgehead atoms. The lowest BCUT2D eigenvalue weighted by Crippen LogP contribution is -2.23. The predicted octanol–water partition coefficient (Wildman–Crippen LogP) is 4.90. The zero-order valence-corrected chi connectivity index (χ0v) is 13.6. The monoisotopic (exact) mass is 286 g/mol. The number of hydrogen-bond acceptors (Lipinski definition) is 2. The third kappa shape index (κ3) is 2.68. The van der Waals surface area contributed by atoms with Gasteiger partial charge in [0, 0.05) is 16.7 Å². The van der Waals surface area contributed by atoms with Gasteiger partial charge in [-0.2, -0.15) is 0 Å². The van der Waals surface area contributed by atoms with Crippen molar-refractivity contribution in [2.45, 2.75) is 46.0 Å². The standard InChI is InChI=1S/C17H22N2S/c1-11(2)14-12(3)18-16(19-15(14)20)17(4,5)13-9-7-6-8-10-13/h6-11H,1-5H3,(H,18,19,20). The lowest BCUT2D eigenvalue weighted by Gasteiger charge is -2.25. The highest BCUT2D eigenvalue weighted by Crippen LogP contribution is 2.30. The van der Waals surface area contributed by atoms with Crippen LogP contribution in [0.4, 0.5) is 0 Å². The maximum absolute atomic E-state index is 5.49. The summed E-state index contributed by atoms with van der Waals surface area (Å²) in [5.74, 6) is 1.32. The van der Waals surface area contributed by atoms with Crippen LogP contribution >= 0.6 is 12.2 Å². The number of aromatic amines is 1. The van der Waals surface area contributed by atoms with Gasteiger partial charge in [0.1, 0.15) is 10.5 Å². The Morgan fingerprint density at radius 3 is 2.25 bits per heavy atom. The number of benzene rings is 1. The van der Waals surface area contributed by atoms with Crippen LogP contribution in [-0.4, -0.2) is 9.97 Å². The lowest BCUT2D eigenvalue weighted by atomic mass is 9.83. The van der Waals surface area contributed by atoms with E-state index in [9.17, 15) is 0 Å². The fraction of sp³-hybridized carbons (Fsp3) is 0.412. The number of rotatable bonds is 3. The van der Waals surface area contributed by atoms with Gasteiger partial charge in [-0.1, -0.05) is 56.4 Å². The molecule has 1 aromatic carbocycles. The topological polar surface area (TPSA) is 28.7 Å². The Balaban J connectivity index is 2.57. The molecule has 0 saturated heterocycles. The zero-order valence-electron chi connectivity index (χ0n) is 12.8. The first-order valence-electron chi connectivity index (χ1n) is 7.01. The molecule has 0 saturated carbocycles. The lowest BCUT2D eigenvalue weighted by molar-refractivity contribution is 0.581. The number of hydrogen-bond donors (Lipinski definition) is 1. The highest BCUT2D eigenvalue weighted by molar-refractivity contribution is 7.71. The molecule has 0 aliphatic rings. The van der Waals surface area contributed by atoms with Crippen molar-refractivity contribution in [2.24, 2.45) is 0 Å². The number of nitrogens with zero attached hydrogens (tertiary/aromatic N) is 1. The Bertz CT molecular complexity index is 654. The molecule has 0 radical (unpaired) electrons. The Hall–Kier alpha value is -1.48. The third-order valence-electron chi connectivity index (χ3n) is 3.82. The van der Waals surface area contributed by atoms with Crippen molar-refractivity contribution in [2.75, 3.05) is 0 Å². The van der Waals surface area contributed by atoms with Gasteiger partial charge in [-0.25, -0.2) is 4.98 Å². The van der Waals surface area contributed by atoms with Crippen LogP contribution < -0.4 is 0 Å². The van der Waals surface area contributed by atoms with Crippen LogP contribution in [0, 0.1) is 11.6 Å². The summed E-state index contributed by atoms with van der Waals surface area (Å²) in [6, 6.07) is 10.4. The van der Waals surface area contributed by atoms with E-state index in [1.807, 2.05) is 6.07 Å². The van der Waals surface area contributed by atoms with Gasteiger partial charge >= 0.3 is 0 Å². The molecule has 1 heterocycles. The molecule has 0 aliphatic heterocycles. The Morgan fingerprint density at radius 2 is 1.75 bits per heavy atom. The average molecular weight is 286 g/mol. The summed E-state index contributed by atoms with van der Waals surface area (Å²) in [4.78, 5) is 8.12. The first-order valence-corrected chi connectivity index (χ1v) is 7.41. The normalized spacial score (nSPS) is 11.9. The molecule has 0 unspecified atom stereocenters. The van der Waals surface area contributed by atoms with Crippen molar-refractivity contribution in [3.8, 4) is 0 Å². The van der Waals surface area contributed by atoms with E-state index in [1.54, 1.807) is 0 Å². The van der Waals surface area contributed by atoms with Gasteiger partial charge < -0.3 is 4.98 Å². The summed E-state index contributed by atoms with van der Waals surface area (Å²) in [5.41, 5.74) is 3.32. The molecule has 2 aromatic rings. The molecule has 0 fully saturated rings. The maximum Gasteiger partial charge on any atom is 0.133 e. The molecule has 1 N–H and O–H groups in total. The average Bonchev–Trinajstić information content (AvgIpc) is 2.38. The Kier molecular flexibility index (Phi) is 4.09. The molecular weight excluding hydrogens is 264 g/mol. The fourth-order valence-corrected chi connectivity index (χ4v) is 3.04. The largest absolute Gasteiger partial charge is 0.346 e. The summed E-state index contributed by atoms with van der Waals surface area (Å²) < 4.78 is 0.718. The van der Waals surface area contributed by atoms with Crippen molar-refractivity contribution in [3.05, 3.63) is 57.6 Å². The van der Waals surface area contributed by atoms with Crippen LogP contribution in [0.1, 0.15) is 56.3 Å². The Morgan fingerprint density at radius 1 is 1.15 bits per heavy atom. The molecule has 106 valence electrons. The van der Waals surface area contributed by atoms with Crippen LogP contribution in [0.3, 0.4) is 0 Å². The van der Waals surface area contributed by atoms with E-state index in [2.05, 4.69) is 68.9 Å². The van der Waals surface area contributed by atoms with Gasteiger partial charge in [-0.15, -0.1) is 0 Å². The van der Waals surface area contributed by atoms with Crippen LogP contribution in [0.2, 0.25) is 0 Å². The van der Waals surface area contributed by atoms with Gasteiger partial charge in [0.05, 0.1) is 0 Å². The number of H-pyrrole nitrogens is 1. The number of aryl methyl sites for hydroxylation is 1. The van der Waals surface area contributed by atoms with Crippen molar-refractivity contribution < 1.29 is 0 Å². The van der Waals surface area contributed by atoms with Crippen LogP contribution in [-0.2, 0) is 5.41 Å². The number of aromatic nitrogens is 2. The second kappa shape index (κ2) is 5.49. The van der Waals surface area contributed by atoms with Crippen LogP contribution in [0.5, 0.6) is 0 Å². The molecular formula is C17H22N2S. The number of nitrogens with one attached hydrogen (secondary N) is 1. The molecule has 2 rings (SSSR count). The minimum absolute atomic E-state index is 0.185. The quantitative estimate of drug-likeness (QED) is 0.813. The molecule has 0 amide bonds. The van der Waals surface area contributed by atoms with E-state index >= 15 is 0 Å². The minimum atomic E-state index is -0.185. The Labute approximate surface area is 126 Å². The minimum Gasteiger partial charge on any atom is -0.346 e. The molecule has 0 atom stereocenters. The summed E-state index contributed by atoms with van der Waals surface area (Å²) in [5, 5.41) is 0. The summed E-state index contributed by atoms with van der Waals surface area (Å²) in [6.07, 6.45) is 0. The molecule has 0 aliphatic carbocycles. The van der Waals surface area contributed by atoms with E-state index in [1.165, 1.54) is 5.56 Å². The molecule has 3 heteroatoms. The summed E-state index contributed by atoms with van der Waals surface area (Å²) in [7, 11) is 0. The van der Waals surface area contributed by atoms with Crippen LogP contribution in [0.15, 0.2) is 30.3 Å². The molecule has 1 aromatic heterocycles. The van der Waals surface area contributed by atoms with Gasteiger partial charge in [-0.3, -0.25) is 0 Å². The van der Waals surface area contributed by atoms with Gasteiger partial charge in [0.15, 0.2) is 0 Å². The van der Waals surface area contributed by atoms with E-state index in [-0.39, 0.29) is 5.41 Å². The van der Waals surface area contributed by atoms with Crippen molar-refractivity contribution >= 4 is 12.2 Å². The summed E-state index contributed by atoms with van der Waals surface area (Å²) >= 11 is 5.49. The van der Waals surface area contributed by atoms with Crippen LogP contribution in [0.25, 0.3) is 0 Å². The first kappa shape index (κ1) is 14.9. The first-order chi connectivity index (χ1) is 9.34. The van der Waals surface area contributed by atoms with Gasteiger partial charge in [0.2, 0.25) is 0 Å². The van der Waals surface area contributed by atoms with Crippen molar-refractivity contribution in [1.82, 2.24) is 9.97 Å². The van der Waals surface area contributed by atoms with Gasteiger partial charge in [0.25, 0.3) is 0 Å². The van der Waals surface area contributed by atoms with E-state index in [4.69, 9.17) is 12.2 Å². The highest BCUT2D eigenvalue weighted by Gasteiger charge is 2.26. The second-order valence-electron chi connectivity index (χ2n) is 6.07. The highest BCUT2D eigenvalue weighted by atomic mass is 32.1. The fourth-order valence-electron chi connectivity index (χ4n) is 2.56. The maximum atomic E-state index is 5.49. The smallest absolute Gasteiger partial charge is 0.133 e.